The molecule has 1 saturated heterocycles. The number of nitrogens with two attached hydrogens (primary N) is 1. The fourth-order valence-corrected chi connectivity index (χ4v) is 3.56. The maximum Gasteiger partial charge on any atom is 0.230 e. The molecule has 1 saturated carbocycles. The Morgan fingerprint density at radius 2 is 2.29 bits per heavy atom. The van der Waals surface area contributed by atoms with E-state index >= 15 is 0 Å². The summed E-state index contributed by atoms with van der Waals surface area (Å²) in [4.78, 5) is 12.3. The molecule has 98 valence electrons. The number of carbonyl (C=O) groups excluding carboxylic acids is 1. The molecule has 17 heavy (non-hydrogen) atoms. The molecule has 1 amide bonds. The molecule has 1 aliphatic heterocycles. The molecular formula is C12H22N2O2S. The minimum Gasteiger partial charge on any atom is -0.379 e. The van der Waals surface area contributed by atoms with E-state index in [1.165, 1.54) is 12.8 Å². The zero-order chi connectivity index (χ0) is 12.5. The zero-order valence-corrected chi connectivity index (χ0v) is 11.4. The summed E-state index contributed by atoms with van der Waals surface area (Å²) < 4.78 is 5.32. The first-order valence-electron chi connectivity index (χ1n) is 6.25. The van der Waals surface area contributed by atoms with Crippen molar-refractivity contribution in [2.24, 2.45) is 11.1 Å². The van der Waals surface area contributed by atoms with Crippen LogP contribution in [-0.2, 0) is 9.53 Å². The number of ether oxygens (including phenoxy) is 1. The van der Waals surface area contributed by atoms with E-state index in [-0.39, 0.29) is 11.9 Å². The van der Waals surface area contributed by atoms with Crippen LogP contribution in [0.4, 0.5) is 0 Å². The Morgan fingerprint density at radius 3 is 2.88 bits per heavy atom. The Balaban J connectivity index is 1.97. The van der Waals surface area contributed by atoms with Gasteiger partial charge in [-0.1, -0.05) is 6.42 Å². The lowest BCUT2D eigenvalue weighted by Crippen LogP contribution is -2.53. The summed E-state index contributed by atoms with van der Waals surface area (Å²) in [6.07, 6.45) is 5.60. The smallest absolute Gasteiger partial charge is 0.230 e. The average molecular weight is 258 g/mol. The summed E-state index contributed by atoms with van der Waals surface area (Å²) in [7, 11) is 0. The monoisotopic (exact) mass is 258 g/mol. The standard InChI is InChI=1S/C12H22N2O2S/c1-12(7-16-6-10(12)13)11(15)14-8-4-3-5-9(8)17-2/h8-10H,3-7,13H2,1-2H3,(H,14,15). The third kappa shape index (κ3) is 2.46. The Hall–Kier alpha value is -0.260. The quantitative estimate of drug-likeness (QED) is 0.784. The van der Waals surface area contributed by atoms with Gasteiger partial charge in [-0.05, 0) is 26.0 Å². The van der Waals surface area contributed by atoms with Crippen LogP contribution in [-0.4, -0.2) is 42.7 Å². The molecule has 2 aliphatic rings. The van der Waals surface area contributed by atoms with Crippen LogP contribution in [0.5, 0.6) is 0 Å². The van der Waals surface area contributed by atoms with Crippen molar-refractivity contribution in [2.75, 3.05) is 19.5 Å². The number of hydrogen-bond acceptors (Lipinski definition) is 4. The second kappa shape index (κ2) is 5.16. The molecule has 0 aromatic carbocycles. The number of amides is 1. The van der Waals surface area contributed by atoms with E-state index in [2.05, 4.69) is 11.6 Å². The Labute approximate surface area is 107 Å². The van der Waals surface area contributed by atoms with Crippen LogP contribution >= 0.6 is 11.8 Å². The molecule has 1 aliphatic carbocycles. The van der Waals surface area contributed by atoms with Gasteiger partial charge in [-0.3, -0.25) is 4.79 Å². The van der Waals surface area contributed by atoms with Crippen LogP contribution in [0.3, 0.4) is 0 Å². The summed E-state index contributed by atoms with van der Waals surface area (Å²) in [6, 6.07) is 0.124. The van der Waals surface area contributed by atoms with Gasteiger partial charge in [-0.15, -0.1) is 0 Å². The Morgan fingerprint density at radius 1 is 1.53 bits per heavy atom. The highest BCUT2D eigenvalue weighted by Gasteiger charge is 2.45. The topological polar surface area (TPSA) is 64.3 Å². The maximum atomic E-state index is 12.3. The van der Waals surface area contributed by atoms with Gasteiger partial charge in [0.2, 0.25) is 5.91 Å². The molecule has 2 rings (SSSR count). The van der Waals surface area contributed by atoms with Crippen LogP contribution < -0.4 is 11.1 Å². The molecule has 5 heteroatoms. The van der Waals surface area contributed by atoms with Gasteiger partial charge in [0.15, 0.2) is 0 Å². The van der Waals surface area contributed by atoms with Crippen molar-refractivity contribution in [2.45, 2.75) is 43.5 Å². The fraction of sp³-hybridized carbons (Fsp3) is 0.917. The summed E-state index contributed by atoms with van der Waals surface area (Å²) >= 11 is 1.85. The Bertz CT molecular complexity index is 300. The SMILES string of the molecule is CSC1CCCC1NC(=O)C1(C)COCC1N. The van der Waals surface area contributed by atoms with Gasteiger partial charge in [-0.25, -0.2) is 0 Å². The van der Waals surface area contributed by atoms with E-state index in [0.29, 0.717) is 24.5 Å². The first-order valence-corrected chi connectivity index (χ1v) is 7.54. The van der Waals surface area contributed by atoms with E-state index in [4.69, 9.17) is 10.5 Å². The van der Waals surface area contributed by atoms with Crippen molar-refractivity contribution in [3.05, 3.63) is 0 Å². The lowest BCUT2D eigenvalue weighted by Gasteiger charge is -2.29. The van der Waals surface area contributed by atoms with Crippen molar-refractivity contribution in [3.63, 3.8) is 0 Å². The number of hydrogen-bond donors (Lipinski definition) is 2. The van der Waals surface area contributed by atoms with E-state index < -0.39 is 5.41 Å². The van der Waals surface area contributed by atoms with Crippen molar-refractivity contribution in [1.82, 2.24) is 5.32 Å². The van der Waals surface area contributed by atoms with Crippen LogP contribution in [0, 0.1) is 5.41 Å². The van der Waals surface area contributed by atoms with Crippen molar-refractivity contribution < 1.29 is 9.53 Å². The van der Waals surface area contributed by atoms with E-state index in [1.54, 1.807) is 0 Å². The number of carbonyl (C=O) groups is 1. The second-order valence-corrected chi connectivity index (χ2v) is 6.40. The molecule has 0 spiro atoms. The van der Waals surface area contributed by atoms with Gasteiger partial charge in [-0.2, -0.15) is 11.8 Å². The molecular weight excluding hydrogens is 236 g/mol. The van der Waals surface area contributed by atoms with Crippen LogP contribution in [0.25, 0.3) is 0 Å². The van der Waals surface area contributed by atoms with Gasteiger partial charge in [0.05, 0.1) is 18.6 Å². The average Bonchev–Trinajstić information content (AvgIpc) is 2.87. The molecule has 4 nitrogen and oxygen atoms in total. The predicted molar refractivity (Wildman–Crippen MR) is 70.0 cm³/mol. The maximum absolute atomic E-state index is 12.3. The van der Waals surface area contributed by atoms with Crippen molar-refractivity contribution in [1.29, 1.82) is 0 Å². The van der Waals surface area contributed by atoms with Gasteiger partial charge in [0, 0.05) is 17.3 Å². The normalized spacial score (nSPS) is 41.7. The van der Waals surface area contributed by atoms with Gasteiger partial charge in [0.25, 0.3) is 0 Å². The first-order chi connectivity index (χ1) is 8.08. The lowest BCUT2D eigenvalue weighted by molar-refractivity contribution is -0.131. The van der Waals surface area contributed by atoms with Gasteiger partial charge >= 0.3 is 0 Å². The lowest BCUT2D eigenvalue weighted by atomic mass is 9.84. The molecule has 4 atom stereocenters. The molecule has 1 heterocycles. The number of thioether (sulfide) groups is 1. The van der Waals surface area contributed by atoms with Crippen LogP contribution in [0.1, 0.15) is 26.2 Å². The highest BCUT2D eigenvalue weighted by Crippen LogP contribution is 2.31. The summed E-state index contributed by atoms with van der Waals surface area (Å²) in [5, 5.41) is 3.73. The molecule has 0 bridgehead atoms. The van der Waals surface area contributed by atoms with E-state index in [1.807, 2.05) is 18.7 Å². The van der Waals surface area contributed by atoms with E-state index in [9.17, 15) is 4.79 Å². The highest BCUT2D eigenvalue weighted by molar-refractivity contribution is 7.99. The molecule has 0 radical (unpaired) electrons. The van der Waals surface area contributed by atoms with Crippen LogP contribution in [0.15, 0.2) is 0 Å². The molecule has 3 N–H and O–H groups in total. The van der Waals surface area contributed by atoms with Gasteiger partial charge < -0.3 is 15.8 Å². The Kier molecular flexibility index (Phi) is 4.00. The minimum absolute atomic E-state index is 0.0634. The molecule has 2 fully saturated rings. The van der Waals surface area contributed by atoms with E-state index in [0.717, 1.165) is 6.42 Å². The summed E-state index contributed by atoms with van der Waals surface area (Å²) in [6.45, 7) is 2.83. The number of rotatable bonds is 3. The zero-order valence-electron chi connectivity index (χ0n) is 10.6. The highest BCUT2D eigenvalue weighted by atomic mass is 32.2. The molecule has 0 aromatic heterocycles. The van der Waals surface area contributed by atoms with Crippen molar-refractivity contribution in [3.8, 4) is 0 Å². The second-order valence-electron chi connectivity index (χ2n) is 5.32. The summed E-state index contributed by atoms with van der Waals surface area (Å²) in [5.41, 5.74) is 5.41. The molecule has 4 unspecified atom stereocenters. The fourth-order valence-electron chi connectivity index (χ4n) is 2.63. The molecule has 0 aromatic rings. The summed E-state index contributed by atoms with van der Waals surface area (Å²) in [5.74, 6) is 0.0634. The van der Waals surface area contributed by atoms with Crippen LogP contribution in [0.2, 0.25) is 0 Å². The first kappa shape index (κ1) is 13.2. The predicted octanol–water partition coefficient (Wildman–Crippen LogP) is 0.751. The van der Waals surface area contributed by atoms with Crippen molar-refractivity contribution >= 4 is 17.7 Å². The van der Waals surface area contributed by atoms with Gasteiger partial charge in [0.1, 0.15) is 0 Å². The third-order valence-corrected chi connectivity index (χ3v) is 5.28. The number of nitrogens with one attached hydrogen (secondary N) is 1. The minimum atomic E-state index is -0.550. The third-order valence-electron chi connectivity index (χ3n) is 4.11. The largest absolute Gasteiger partial charge is 0.379 e.